The molecule has 0 aromatic heterocycles. The molecular weight excluding hydrogens is 402 g/mol. The molecule has 1 aliphatic rings. The van der Waals surface area contributed by atoms with E-state index < -0.39 is 6.09 Å². The molecule has 3 rings (SSSR count). The molecular formula is C24H28ClNO4. The van der Waals surface area contributed by atoms with Gasteiger partial charge >= 0.3 is 6.09 Å². The van der Waals surface area contributed by atoms with E-state index in [-0.39, 0.29) is 12.4 Å². The lowest BCUT2D eigenvalue weighted by Gasteiger charge is -2.29. The van der Waals surface area contributed by atoms with Gasteiger partial charge in [0.25, 0.3) is 0 Å². The van der Waals surface area contributed by atoms with Crippen molar-refractivity contribution in [2.24, 2.45) is 11.8 Å². The fourth-order valence-corrected chi connectivity index (χ4v) is 3.84. The number of Topliss-reactive ketones (excluding diaryl/α,β-unsaturated/α-hetero) is 1. The Hall–Kier alpha value is -2.37. The third-order valence-electron chi connectivity index (χ3n) is 5.35. The zero-order valence-electron chi connectivity index (χ0n) is 17.3. The second-order valence-corrected chi connectivity index (χ2v) is 8.26. The monoisotopic (exact) mass is 429 g/mol. The van der Waals surface area contributed by atoms with Crippen molar-refractivity contribution in [2.75, 3.05) is 24.7 Å². The fourth-order valence-electron chi connectivity index (χ4n) is 3.71. The Balaban J connectivity index is 1.54. The number of carbonyl (C=O) groups excluding carboxylic acids is 2. The number of hydrogen-bond donors (Lipinski definition) is 0. The molecule has 30 heavy (non-hydrogen) atoms. The maximum atomic E-state index is 13.0. The summed E-state index contributed by atoms with van der Waals surface area (Å²) in [6.45, 7) is 2.76. The molecule has 2 aromatic carbocycles. The molecule has 6 heteroatoms. The Morgan fingerprint density at radius 1 is 0.900 bits per heavy atom. The Morgan fingerprint density at radius 3 is 2.07 bits per heavy atom. The number of hydrogen-bond acceptors (Lipinski definition) is 4. The standard InChI is InChI=1S/C24H28ClNO4/c1-18(27)15-29-16-19-7-9-20(10-8-19)17-30-24(28)26(22-5-3-2-4-6-22)23-13-11-21(25)12-14-23/h2-6,11-14,19-20H,7-10,15-17H2,1H3/t19-,20-. The molecule has 1 saturated carbocycles. The van der Waals surface area contributed by atoms with Crippen LogP contribution in [-0.2, 0) is 14.3 Å². The van der Waals surface area contributed by atoms with E-state index in [0.717, 1.165) is 31.4 Å². The summed E-state index contributed by atoms with van der Waals surface area (Å²) in [7, 11) is 0. The molecule has 0 atom stereocenters. The third kappa shape index (κ3) is 6.57. The van der Waals surface area contributed by atoms with Crippen LogP contribution < -0.4 is 4.90 Å². The average molecular weight is 430 g/mol. The van der Waals surface area contributed by atoms with Crippen molar-refractivity contribution in [1.82, 2.24) is 0 Å². The number of rotatable bonds is 8. The quantitative estimate of drug-likeness (QED) is 0.514. The molecule has 0 N–H and O–H groups in total. The molecule has 0 heterocycles. The fraction of sp³-hybridized carbons (Fsp3) is 0.417. The minimum absolute atomic E-state index is 0.0549. The highest BCUT2D eigenvalue weighted by Crippen LogP contribution is 2.31. The Bertz CT molecular complexity index is 817. The summed E-state index contributed by atoms with van der Waals surface area (Å²) in [6.07, 6.45) is 3.65. The minimum atomic E-state index is -0.393. The van der Waals surface area contributed by atoms with Gasteiger partial charge in [-0.15, -0.1) is 0 Å². The zero-order chi connectivity index (χ0) is 21.3. The van der Waals surface area contributed by atoms with Gasteiger partial charge < -0.3 is 9.47 Å². The number of carbonyl (C=O) groups is 2. The van der Waals surface area contributed by atoms with Crippen molar-refractivity contribution in [3.63, 3.8) is 0 Å². The first-order chi connectivity index (χ1) is 14.5. The summed E-state index contributed by atoms with van der Waals surface area (Å²) in [5, 5.41) is 0.615. The van der Waals surface area contributed by atoms with Crippen LogP contribution in [0.4, 0.5) is 16.2 Å². The molecule has 0 radical (unpaired) electrons. The van der Waals surface area contributed by atoms with Crippen molar-refractivity contribution in [3.8, 4) is 0 Å². The number of para-hydroxylation sites is 1. The number of anilines is 2. The van der Waals surface area contributed by atoms with E-state index in [4.69, 9.17) is 21.1 Å². The summed E-state index contributed by atoms with van der Waals surface area (Å²) in [6, 6.07) is 16.6. The SMILES string of the molecule is CC(=O)COC[C@H]1CC[C@H](COC(=O)N(c2ccccc2)c2ccc(Cl)cc2)CC1. The van der Waals surface area contributed by atoms with Crippen LogP contribution in [0.2, 0.25) is 5.02 Å². The lowest BCUT2D eigenvalue weighted by Crippen LogP contribution is -2.30. The average Bonchev–Trinajstić information content (AvgIpc) is 2.75. The molecule has 0 aliphatic heterocycles. The van der Waals surface area contributed by atoms with Crippen LogP contribution in [0.5, 0.6) is 0 Å². The topological polar surface area (TPSA) is 55.8 Å². The summed E-state index contributed by atoms with van der Waals surface area (Å²) in [4.78, 5) is 25.5. The molecule has 0 bridgehead atoms. The van der Waals surface area contributed by atoms with Gasteiger partial charge in [-0.2, -0.15) is 0 Å². The van der Waals surface area contributed by atoms with Gasteiger partial charge in [0.05, 0.1) is 18.0 Å². The predicted octanol–water partition coefficient (Wildman–Crippen LogP) is 6.03. The highest BCUT2D eigenvalue weighted by atomic mass is 35.5. The van der Waals surface area contributed by atoms with E-state index in [1.807, 2.05) is 42.5 Å². The lowest BCUT2D eigenvalue weighted by molar-refractivity contribution is -0.122. The third-order valence-corrected chi connectivity index (χ3v) is 5.60. The van der Waals surface area contributed by atoms with Gasteiger partial charge in [0, 0.05) is 11.6 Å². The van der Waals surface area contributed by atoms with Crippen LogP contribution in [0, 0.1) is 11.8 Å². The summed E-state index contributed by atoms with van der Waals surface area (Å²) in [5.41, 5.74) is 1.46. The smallest absolute Gasteiger partial charge is 0.418 e. The number of ether oxygens (including phenoxy) is 2. The van der Waals surface area contributed by atoms with E-state index in [2.05, 4.69) is 0 Å². The summed E-state index contributed by atoms with van der Waals surface area (Å²) >= 11 is 6.00. The van der Waals surface area contributed by atoms with Gasteiger partial charge in [0.15, 0.2) is 5.78 Å². The largest absolute Gasteiger partial charge is 0.449 e. The van der Waals surface area contributed by atoms with E-state index in [9.17, 15) is 9.59 Å². The van der Waals surface area contributed by atoms with Gasteiger partial charge in [0.2, 0.25) is 0 Å². The number of ketones is 1. The normalized spacial score (nSPS) is 18.6. The Labute approximate surface area is 182 Å². The highest BCUT2D eigenvalue weighted by Gasteiger charge is 2.25. The Morgan fingerprint density at radius 2 is 1.47 bits per heavy atom. The van der Waals surface area contributed by atoms with Crippen molar-refractivity contribution in [2.45, 2.75) is 32.6 Å². The van der Waals surface area contributed by atoms with Crippen LogP contribution in [0.25, 0.3) is 0 Å². The number of benzene rings is 2. The first kappa shape index (κ1) is 22.3. The van der Waals surface area contributed by atoms with Crippen LogP contribution >= 0.6 is 11.6 Å². The molecule has 0 spiro atoms. The molecule has 0 saturated heterocycles. The minimum Gasteiger partial charge on any atom is -0.449 e. The molecule has 2 aromatic rings. The molecule has 1 fully saturated rings. The zero-order valence-corrected chi connectivity index (χ0v) is 18.0. The maximum absolute atomic E-state index is 13.0. The Kier molecular flexibility index (Phi) is 8.29. The maximum Gasteiger partial charge on any atom is 0.418 e. The lowest BCUT2D eigenvalue weighted by atomic mass is 9.83. The number of halogens is 1. The van der Waals surface area contributed by atoms with E-state index in [1.165, 1.54) is 6.92 Å². The first-order valence-electron chi connectivity index (χ1n) is 10.4. The summed E-state index contributed by atoms with van der Waals surface area (Å²) in [5.74, 6) is 0.881. The van der Waals surface area contributed by atoms with E-state index in [0.29, 0.717) is 35.8 Å². The highest BCUT2D eigenvalue weighted by molar-refractivity contribution is 6.30. The molecule has 0 unspecified atom stereocenters. The van der Waals surface area contributed by atoms with E-state index >= 15 is 0 Å². The molecule has 1 amide bonds. The van der Waals surface area contributed by atoms with Crippen molar-refractivity contribution in [1.29, 1.82) is 0 Å². The van der Waals surface area contributed by atoms with Crippen LogP contribution in [-0.4, -0.2) is 31.7 Å². The first-order valence-corrected chi connectivity index (χ1v) is 10.8. The molecule has 5 nitrogen and oxygen atoms in total. The number of nitrogens with zero attached hydrogens (tertiary/aromatic N) is 1. The van der Waals surface area contributed by atoms with Gasteiger partial charge in [-0.05, 0) is 80.8 Å². The van der Waals surface area contributed by atoms with Crippen LogP contribution in [0.15, 0.2) is 54.6 Å². The van der Waals surface area contributed by atoms with Crippen LogP contribution in [0.1, 0.15) is 32.6 Å². The number of amides is 1. The van der Waals surface area contributed by atoms with Gasteiger partial charge in [-0.3, -0.25) is 4.79 Å². The van der Waals surface area contributed by atoms with Crippen molar-refractivity contribution in [3.05, 3.63) is 59.6 Å². The predicted molar refractivity (Wildman–Crippen MR) is 118 cm³/mol. The van der Waals surface area contributed by atoms with E-state index in [1.54, 1.807) is 17.0 Å². The summed E-state index contributed by atoms with van der Waals surface area (Å²) < 4.78 is 11.2. The van der Waals surface area contributed by atoms with Gasteiger partial charge in [0.1, 0.15) is 6.61 Å². The van der Waals surface area contributed by atoms with Crippen molar-refractivity contribution < 1.29 is 19.1 Å². The van der Waals surface area contributed by atoms with Gasteiger partial charge in [-0.25, -0.2) is 9.69 Å². The molecule has 1 aliphatic carbocycles. The second-order valence-electron chi connectivity index (χ2n) is 7.83. The van der Waals surface area contributed by atoms with Crippen molar-refractivity contribution >= 4 is 34.9 Å². The second kappa shape index (κ2) is 11.1. The molecule has 160 valence electrons. The van der Waals surface area contributed by atoms with Gasteiger partial charge in [-0.1, -0.05) is 29.8 Å². The van der Waals surface area contributed by atoms with Crippen LogP contribution in [0.3, 0.4) is 0 Å².